The van der Waals surface area contributed by atoms with Crippen molar-refractivity contribution >= 4 is 48.6 Å². The Labute approximate surface area is 283 Å². The summed E-state index contributed by atoms with van der Waals surface area (Å²) in [5.41, 5.74) is 15.5. The van der Waals surface area contributed by atoms with Gasteiger partial charge in [-0.3, -0.25) is 0 Å². The van der Waals surface area contributed by atoms with Crippen molar-refractivity contribution in [2.24, 2.45) is 0 Å². The van der Waals surface area contributed by atoms with E-state index in [4.69, 9.17) is 4.42 Å². The van der Waals surface area contributed by atoms with Gasteiger partial charge in [-0.2, -0.15) is 0 Å². The molecule has 10 rings (SSSR count). The minimum atomic E-state index is -1.82. The Morgan fingerprint density at radius 1 is 0.809 bits per heavy atom. The molecule has 1 aromatic heterocycles. The Hall–Kier alpha value is -4.13. The number of nitrogens with one attached hydrogen (secondary N) is 2. The molecule has 6 aliphatic rings. The van der Waals surface area contributed by atoms with Gasteiger partial charge < -0.3 is 0 Å². The van der Waals surface area contributed by atoms with Crippen molar-refractivity contribution in [1.29, 1.82) is 0 Å². The normalized spacial score (nSPS) is 22.7. The number of hydrogen-bond acceptors (Lipinski definition) is 3. The Morgan fingerprint density at radius 3 is 2.55 bits per heavy atom. The van der Waals surface area contributed by atoms with Crippen LogP contribution in [0, 0.1) is 7.14 Å². The predicted molar refractivity (Wildman–Crippen MR) is 204 cm³/mol. The number of allylic oxidation sites excluding steroid dienone is 7. The molecule has 0 spiro atoms. The van der Waals surface area contributed by atoms with Gasteiger partial charge in [-0.05, 0) is 0 Å². The molecule has 0 fully saturated rings. The number of fused-ring (bicyclic) bond motifs is 11. The first-order chi connectivity index (χ1) is 23.3. The molecule has 232 valence electrons. The molecule has 0 bridgehead atoms. The number of rotatable bonds is 4. The molecule has 47 heavy (non-hydrogen) atoms. The van der Waals surface area contributed by atoms with E-state index in [0.29, 0.717) is 0 Å². The van der Waals surface area contributed by atoms with Crippen LogP contribution in [0.4, 0.5) is 0 Å². The van der Waals surface area contributed by atoms with E-state index in [0.717, 1.165) is 44.3 Å². The molecular formula is C43H37IN2O. The van der Waals surface area contributed by atoms with Crippen LogP contribution in [0.15, 0.2) is 124 Å². The Morgan fingerprint density at radius 2 is 1.66 bits per heavy atom. The van der Waals surface area contributed by atoms with E-state index in [-0.39, 0.29) is 12.2 Å². The second-order valence-corrected chi connectivity index (χ2v) is 18.4. The number of benzene rings is 3. The molecule has 2 unspecified atom stereocenters. The quantitative estimate of drug-likeness (QED) is 0.163. The van der Waals surface area contributed by atoms with Crippen molar-refractivity contribution in [3.63, 3.8) is 0 Å². The first kappa shape index (κ1) is 27.9. The molecule has 2 aliphatic heterocycles. The monoisotopic (exact) mass is 724 g/mol. The third-order valence-electron chi connectivity index (χ3n) is 10.6. The van der Waals surface area contributed by atoms with Crippen molar-refractivity contribution in [3.8, 4) is 11.1 Å². The van der Waals surface area contributed by atoms with Crippen LogP contribution in [-0.2, 0) is 12.8 Å². The van der Waals surface area contributed by atoms with E-state index in [1.807, 2.05) is 0 Å². The van der Waals surface area contributed by atoms with Crippen LogP contribution in [0.3, 0.4) is 0 Å². The average Bonchev–Trinajstić information content (AvgIpc) is 3.69. The summed E-state index contributed by atoms with van der Waals surface area (Å²) in [6.07, 6.45) is 29.7. The fourth-order valence-electron chi connectivity index (χ4n) is 8.38. The van der Waals surface area contributed by atoms with Gasteiger partial charge in [-0.15, -0.1) is 0 Å². The van der Waals surface area contributed by atoms with Crippen molar-refractivity contribution < 1.29 is 4.42 Å². The Kier molecular flexibility index (Phi) is 6.68. The van der Waals surface area contributed by atoms with E-state index in [9.17, 15) is 0 Å². The number of furan rings is 1. The number of aryl methyl sites for hydroxylation is 1. The summed E-state index contributed by atoms with van der Waals surface area (Å²) in [5.74, 6) is 1.10. The number of alkyl halides is 1. The van der Waals surface area contributed by atoms with Crippen LogP contribution in [0.1, 0.15) is 53.7 Å². The van der Waals surface area contributed by atoms with Crippen molar-refractivity contribution in [3.05, 3.63) is 155 Å². The summed E-state index contributed by atoms with van der Waals surface area (Å²) in [6, 6.07) is 20.4. The maximum absolute atomic E-state index is 6.89. The van der Waals surface area contributed by atoms with Crippen LogP contribution in [0.25, 0.3) is 39.9 Å². The minimum absolute atomic E-state index is 0.112. The summed E-state index contributed by atoms with van der Waals surface area (Å²) in [7, 11) is 0. The number of hydrogen-bond donors (Lipinski definition) is 2. The van der Waals surface area contributed by atoms with Crippen LogP contribution in [-0.4, -0.2) is 16.6 Å². The van der Waals surface area contributed by atoms with Gasteiger partial charge in [0.2, 0.25) is 0 Å². The fraction of sp³-hybridized carbons (Fsp3) is 0.209. The SMILES string of the molecule is C1=CC2=C(c3ccccc3)NC(C3=CC=C(CI4c5ccccc5-c5c6c(c7c8c(oc7c54)C=CCC8)C=CCC6)CC3)NC2C=C1. The molecule has 2 atom stereocenters. The zero-order valence-corrected chi connectivity index (χ0v) is 28.5. The van der Waals surface area contributed by atoms with E-state index in [2.05, 4.69) is 126 Å². The molecule has 4 aliphatic carbocycles. The first-order valence-electron chi connectivity index (χ1n) is 17.1. The molecule has 4 heteroatoms. The Balaban J connectivity index is 1.03. The maximum atomic E-state index is 6.89. The predicted octanol–water partition coefficient (Wildman–Crippen LogP) is 9.95. The van der Waals surface area contributed by atoms with Gasteiger partial charge in [-0.25, -0.2) is 0 Å². The molecule has 0 amide bonds. The average molecular weight is 725 g/mol. The molecule has 0 saturated carbocycles. The summed E-state index contributed by atoms with van der Waals surface area (Å²) < 4.78 is 11.3. The third kappa shape index (κ3) is 4.48. The molecule has 3 heterocycles. The van der Waals surface area contributed by atoms with Gasteiger partial charge in [0.1, 0.15) is 0 Å². The van der Waals surface area contributed by atoms with Gasteiger partial charge in [0, 0.05) is 0 Å². The number of halogens is 1. The second-order valence-electron chi connectivity index (χ2n) is 13.3. The van der Waals surface area contributed by atoms with Gasteiger partial charge in [0.25, 0.3) is 0 Å². The zero-order valence-electron chi connectivity index (χ0n) is 26.4. The second kappa shape index (κ2) is 11.2. The van der Waals surface area contributed by atoms with E-state index in [1.54, 1.807) is 18.3 Å². The van der Waals surface area contributed by atoms with Gasteiger partial charge in [-0.1, -0.05) is 0 Å². The van der Waals surface area contributed by atoms with Crippen LogP contribution < -0.4 is 10.6 Å². The van der Waals surface area contributed by atoms with Crippen LogP contribution in [0.2, 0.25) is 0 Å². The third-order valence-corrected chi connectivity index (χ3v) is 17.0. The summed E-state index contributed by atoms with van der Waals surface area (Å²) in [6.45, 7) is 0. The molecule has 2 N–H and O–H groups in total. The Bertz CT molecular complexity index is 2190. The van der Waals surface area contributed by atoms with Crippen molar-refractivity contribution in [2.75, 3.05) is 4.43 Å². The molecule has 3 nitrogen and oxygen atoms in total. The molecule has 3 aromatic carbocycles. The molecule has 0 radical (unpaired) electrons. The van der Waals surface area contributed by atoms with Crippen LogP contribution in [0.5, 0.6) is 0 Å². The van der Waals surface area contributed by atoms with Gasteiger partial charge >= 0.3 is 285 Å². The topological polar surface area (TPSA) is 37.2 Å². The van der Waals surface area contributed by atoms with Crippen molar-refractivity contribution in [1.82, 2.24) is 10.6 Å². The summed E-state index contributed by atoms with van der Waals surface area (Å²) >= 11 is -1.82. The van der Waals surface area contributed by atoms with Gasteiger partial charge in [0.05, 0.1) is 0 Å². The molecule has 4 aromatic rings. The van der Waals surface area contributed by atoms with E-state index < -0.39 is 19.8 Å². The van der Waals surface area contributed by atoms with Gasteiger partial charge in [0.15, 0.2) is 0 Å². The first-order valence-corrected chi connectivity index (χ1v) is 20.8. The van der Waals surface area contributed by atoms with E-state index in [1.165, 1.54) is 60.1 Å². The van der Waals surface area contributed by atoms with E-state index >= 15 is 0 Å². The zero-order chi connectivity index (χ0) is 30.9. The molecule has 0 saturated heterocycles. The molecular weight excluding hydrogens is 687 g/mol. The summed E-state index contributed by atoms with van der Waals surface area (Å²) in [4.78, 5) is 0. The van der Waals surface area contributed by atoms with Crippen molar-refractivity contribution in [2.45, 2.75) is 50.7 Å². The summed E-state index contributed by atoms with van der Waals surface area (Å²) in [5, 5.41) is 9.21. The standard InChI is InChI=1S/C43H37IN2O/c1-2-12-28(13-3-1)41-33-17-7-10-20-36(33)45-43(46-41)29-24-22-27(23-25-29)26-44-35-19-9-6-16-32(35)38-30-14-4-5-15-31(30)39-34-18-8-11-21-37(34)47-42(39)40(38)44/h1-3,5-7,9-13,15-17,19-22,24,36,43,45-46H,4,8,14,18,23,25-26H2. The fourth-order valence-corrected chi connectivity index (χ4v) is 15.4. The van der Waals surface area contributed by atoms with Crippen LogP contribution >= 0.6 is 19.8 Å².